The Kier molecular flexibility index (Phi) is 4.30. The largest absolute Gasteiger partial charge is 0.451 e. The quantitative estimate of drug-likeness (QED) is 0.778. The molecule has 0 amide bonds. The summed E-state index contributed by atoms with van der Waals surface area (Å²) >= 11 is 0. The van der Waals surface area contributed by atoms with E-state index >= 15 is 0 Å². The first kappa shape index (κ1) is 18.2. The van der Waals surface area contributed by atoms with Crippen molar-refractivity contribution in [3.63, 3.8) is 0 Å². The summed E-state index contributed by atoms with van der Waals surface area (Å²) in [5.74, 6) is -0.231. The Morgan fingerprint density at radius 2 is 1.69 bits per heavy atom. The number of alkyl halides is 3. The molecule has 2 aliphatic heterocycles. The summed E-state index contributed by atoms with van der Waals surface area (Å²) in [6.45, 7) is 1.82. The van der Waals surface area contributed by atoms with E-state index in [0.717, 1.165) is 50.8 Å². The molecule has 3 aliphatic rings. The molecule has 0 bridgehead atoms. The molecule has 1 saturated carbocycles. The van der Waals surface area contributed by atoms with Gasteiger partial charge in [0, 0.05) is 30.4 Å². The monoisotopic (exact) mass is 389 g/mol. The van der Waals surface area contributed by atoms with Crippen molar-refractivity contribution in [2.24, 2.45) is 5.41 Å². The number of hydrogen-bond donors (Lipinski definition) is 0. The van der Waals surface area contributed by atoms with Gasteiger partial charge in [0.25, 0.3) is 0 Å². The van der Waals surface area contributed by atoms with Crippen molar-refractivity contribution in [1.29, 1.82) is 0 Å². The van der Waals surface area contributed by atoms with Crippen molar-refractivity contribution in [3.05, 3.63) is 23.8 Å². The van der Waals surface area contributed by atoms with Crippen molar-refractivity contribution in [2.45, 2.75) is 50.2 Å². The van der Waals surface area contributed by atoms with E-state index in [-0.39, 0.29) is 11.3 Å². The minimum atomic E-state index is -4.50. The van der Waals surface area contributed by atoms with Crippen LogP contribution in [-0.4, -0.2) is 53.9 Å². The highest BCUT2D eigenvalue weighted by Gasteiger charge is 2.52. The molecule has 1 aromatic rings. The maximum Gasteiger partial charge on any atom is 0.451 e. The third-order valence-corrected chi connectivity index (χ3v) is 8.23. The number of aromatic nitrogens is 2. The van der Waals surface area contributed by atoms with E-state index in [2.05, 4.69) is 14.9 Å². The molecule has 1 aliphatic carbocycles. The maximum atomic E-state index is 12.6. The zero-order valence-corrected chi connectivity index (χ0v) is 15.2. The predicted octanol–water partition coefficient (Wildman–Crippen LogP) is 2.64. The number of sulfone groups is 1. The molecule has 9 heteroatoms. The normalized spacial score (nSPS) is 31.0. The fourth-order valence-corrected chi connectivity index (χ4v) is 7.13. The molecule has 1 spiro atoms. The van der Waals surface area contributed by atoms with Crippen LogP contribution in [0.15, 0.2) is 12.4 Å². The van der Waals surface area contributed by atoms with Gasteiger partial charge in [-0.2, -0.15) is 13.2 Å². The van der Waals surface area contributed by atoms with Gasteiger partial charge in [0.15, 0.2) is 9.84 Å². The molecule has 26 heavy (non-hydrogen) atoms. The highest BCUT2D eigenvalue weighted by atomic mass is 32.2. The summed E-state index contributed by atoms with van der Waals surface area (Å²) in [7, 11) is -2.81. The first-order valence-corrected chi connectivity index (χ1v) is 10.8. The molecule has 0 radical (unpaired) electrons. The summed E-state index contributed by atoms with van der Waals surface area (Å²) in [5.41, 5.74) is 0.760. The van der Waals surface area contributed by atoms with Crippen LogP contribution in [0.25, 0.3) is 0 Å². The number of hydrogen-bond acceptors (Lipinski definition) is 5. The number of rotatable bonds is 2. The lowest BCUT2D eigenvalue weighted by molar-refractivity contribution is -0.145. The van der Waals surface area contributed by atoms with E-state index in [0.29, 0.717) is 17.5 Å². The van der Waals surface area contributed by atoms with Gasteiger partial charge in [-0.15, -0.1) is 0 Å². The average Bonchev–Trinajstić information content (AvgIpc) is 2.98. The van der Waals surface area contributed by atoms with Gasteiger partial charge in [0.1, 0.15) is 0 Å². The fraction of sp³-hybridized carbons (Fsp3) is 0.765. The van der Waals surface area contributed by atoms with E-state index in [1.54, 1.807) is 0 Å². The Balaban J connectivity index is 1.32. The third-order valence-electron chi connectivity index (χ3n) is 6.13. The molecule has 0 atom stereocenters. The lowest BCUT2D eigenvalue weighted by Gasteiger charge is -2.40. The number of halogens is 3. The van der Waals surface area contributed by atoms with Crippen molar-refractivity contribution < 1.29 is 21.6 Å². The lowest BCUT2D eigenvalue weighted by atomic mass is 9.82. The van der Waals surface area contributed by atoms with Crippen LogP contribution in [0.2, 0.25) is 0 Å². The van der Waals surface area contributed by atoms with Gasteiger partial charge in [0.2, 0.25) is 5.82 Å². The van der Waals surface area contributed by atoms with Crippen molar-refractivity contribution in [1.82, 2.24) is 14.9 Å². The molecule has 0 unspecified atom stereocenters. The predicted molar refractivity (Wildman–Crippen MR) is 89.3 cm³/mol. The van der Waals surface area contributed by atoms with Crippen LogP contribution >= 0.6 is 0 Å². The van der Waals surface area contributed by atoms with Gasteiger partial charge in [-0.05, 0) is 50.1 Å². The lowest BCUT2D eigenvalue weighted by Crippen LogP contribution is -2.51. The molecule has 3 fully saturated rings. The fourth-order valence-electron chi connectivity index (χ4n) is 4.88. The van der Waals surface area contributed by atoms with E-state index in [9.17, 15) is 21.6 Å². The minimum Gasteiger partial charge on any atom is -0.300 e. The minimum absolute atomic E-state index is 0.0169. The van der Waals surface area contributed by atoms with Crippen LogP contribution in [-0.2, 0) is 16.0 Å². The highest BCUT2D eigenvalue weighted by molar-refractivity contribution is 7.92. The Morgan fingerprint density at radius 3 is 2.23 bits per heavy atom. The van der Waals surface area contributed by atoms with Gasteiger partial charge in [-0.25, -0.2) is 18.4 Å². The molecule has 0 N–H and O–H groups in total. The van der Waals surface area contributed by atoms with Crippen LogP contribution in [0, 0.1) is 5.41 Å². The average molecular weight is 389 g/mol. The molecule has 3 heterocycles. The first-order chi connectivity index (χ1) is 12.2. The van der Waals surface area contributed by atoms with Crippen LogP contribution in [0.3, 0.4) is 0 Å². The van der Waals surface area contributed by atoms with Crippen LogP contribution in [0.5, 0.6) is 0 Å². The second-order valence-electron chi connectivity index (χ2n) is 8.10. The van der Waals surface area contributed by atoms with Gasteiger partial charge in [-0.1, -0.05) is 0 Å². The molecule has 4 rings (SSSR count). The molecule has 0 aromatic carbocycles. The van der Waals surface area contributed by atoms with Crippen molar-refractivity contribution >= 4 is 9.84 Å². The Hall–Kier alpha value is -1.22. The van der Waals surface area contributed by atoms with Gasteiger partial charge in [0.05, 0.1) is 11.5 Å². The van der Waals surface area contributed by atoms with Crippen LogP contribution < -0.4 is 0 Å². The standard InChI is InChI=1S/C17H22F3N3O2S/c18-17(19,20)15-21-7-13(8-22-15)12-1-3-14(4-2-12)23-6-5-16(9-23)10-26(24,25)11-16/h7-8,12,14H,1-6,9-11H2. The maximum absolute atomic E-state index is 12.6. The van der Waals surface area contributed by atoms with E-state index in [4.69, 9.17) is 0 Å². The summed E-state index contributed by atoms with van der Waals surface area (Å²) < 4.78 is 60.7. The second kappa shape index (κ2) is 6.15. The third kappa shape index (κ3) is 3.47. The van der Waals surface area contributed by atoms with Gasteiger partial charge in [-0.3, -0.25) is 4.90 Å². The van der Waals surface area contributed by atoms with Crippen molar-refractivity contribution in [3.8, 4) is 0 Å². The number of likely N-dealkylation sites (tertiary alicyclic amines) is 1. The summed E-state index contributed by atoms with van der Waals surface area (Å²) in [6.07, 6.45) is 2.84. The van der Waals surface area contributed by atoms with Gasteiger partial charge < -0.3 is 0 Å². The Bertz CT molecular complexity index is 759. The topological polar surface area (TPSA) is 63.2 Å². The smallest absolute Gasteiger partial charge is 0.300 e. The highest BCUT2D eigenvalue weighted by Crippen LogP contribution is 2.44. The summed E-state index contributed by atoms with van der Waals surface area (Å²) in [6, 6.07) is 0.448. The van der Waals surface area contributed by atoms with E-state index in [1.807, 2.05) is 0 Å². The van der Waals surface area contributed by atoms with Crippen molar-refractivity contribution in [2.75, 3.05) is 24.6 Å². The SMILES string of the molecule is O=S1(=O)CC2(CCN(C3CCC(c4cnc(C(F)(F)F)nc4)CC3)C2)C1. The molecule has 5 nitrogen and oxygen atoms in total. The number of nitrogens with zero attached hydrogens (tertiary/aromatic N) is 3. The Morgan fingerprint density at radius 1 is 1.08 bits per heavy atom. The zero-order valence-electron chi connectivity index (χ0n) is 14.4. The second-order valence-corrected chi connectivity index (χ2v) is 10.2. The van der Waals surface area contributed by atoms with E-state index in [1.165, 1.54) is 12.4 Å². The molecular formula is C17H22F3N3O2S. The van der Waals surface area contributed by atoms with Crippen LogP contribution in [0.4, 0.5) is 13.2 Å². The molecule has 144 valence electrons. The first-order valence-electron chi connectivity index (χ1n) is 9.00. The summed E-state index contributed by atoms with van der Waals surface area (Å²) in [4.78, 5) is 9.36. The van der Waals surface area contributed by atoms with Crippen LogP contribution in [0.1, 0.15) is 49.4 Å². The summed E-state index contributed by atoms with van der Waals surface area (Å²) in [5, 5.41) is 0. The zero-order chi connectivity index (χ0) is 18.6. The Labute approximate surface area is 150 Å². The van der Waals surface area contributed by atoms with E-state index < -0.39 is 21.8 Å². The molecular weight excluding hydrogens is 367 g/mol. The van der Waals surface area contributed by atoms with Gasteiger partial charge >= 0.3 is 6.18 Å². The molecule has 1 aromatic heterocycles. The molecule has 2 saturated heterocycles.